The van der Waals surface area contributed by atoms with Gasteiger partial charge in [-0.3, -0.25) is 4.79 Å². The lowest BCUT2D eigenvalue weighted by molar-refractivity contribution is 0.101. The summed E-state index contributed by atoms with van der Waals surface area (Å²) < 4.78 is 10.9. The van der Waals surface area contributed by atoms with Crippen molar-refractivity contribution in [2.45, 2.75) is 20.8 Å². The Balaban J connectivity index is 2.64. The van der Waals surface area contributed by atoms with Gasteiger partial charge in [0.15, 0.2) is 5.78 Å². The number of Topliss-reactive ketones (excluding diaryl/α,β-unsaturated/α-hetero) is 1. The van der Waals surface area contributed by atoms with E-state index >= 15 is 0 Å². The van der Waals surface area contributed by atoms with E-state index in [0.29, 0.717) is 17.9 Å². The summed E-state index contributed by atoms with van der Waals surface area (Å²) in [6.45, 7) is 5.89. The van der Waals surface area contributed by atoms with Gasteiger partial charge in [0.25, 0.3) is 0 Å². The molecule has 0 saturated carbocycles. The van der Waals surface area contributed by atoms with Crippen LogP contribution in [0.15, 0.2) is 22.6 Å². The quantitative estimate of drug-likeness (QED) is 0.742. The van der Waals surface area contributed by atoms with E-state index in [1.165, 1.54) is 0 Å². The Morgan fingerprint density at radius 3 is 2.81 bits per heavy atom. The van der Waals surface area contributed by atoms with Gasteiger partial charge in [-0.15, -0.1) is 0 Å². The molecule has 2 aromatic rings. The number of furan rings is 1. The van der Waals surface area contributed by atoms with Crippen LogP contribution in [0.4, 0.5) is 0 Å². The Kier molecular flexibility index (Phi) is 2.69. The molecule has 84 valence electrons. The summed E-state index contributed by atoms with van der Waals surface area (Å²) >= 11 is 0. The van der Waals surface area contributed by atoms with Crippen molar-refractivity contribution in [2.24, 2.45) is 0 Å². The number of hydrogen-bond acceptors (Lipinski definition) is 3. The van der Waals surface area contributed by atoms with Gasteiger partial charge in [0.1, 0.15) is 17.1 Å². The Bertz CT molecular complexity index is 537. The average Bonchev–Trinajstić information content (AvgIpc) is 2.53. The predicted octanol–water partition coefficient (Wildman–Crippen LogP) is 3.34. The highest BCUT2D eigenvalue weighted by molar-refractivity contribution is 6.07. The van der Waals surface area contributed by atoms with Crippen LogP contribution in [-0.4, -0.2) is 12.4 Å². The highest BCUT2D eigenvalue weighted by atomic mass is 16.5. The predicted molar refractivity (Wildman–Crippen MR) is 62.1 cm³/mol. The van der Waals surface area contributed by atoms with Gasteiger partial charge in [0.2, 0.25) is 0 Å². The summed E-state index contributed by atoms with van der Waals surface area (Å²) in [6, 6.07) is 5.53. The lowest BCUT2D eigenvalue weighted by Crippen LogP contribution is -1.94. The Morgan fingerprint density at radius 2 is 2.19 bits per heavy atom. The third kappa shape index (κ3) is 1.69. The molecule has 0 bridgehead atoms. The van der Waals surface area contributed by atoms with Gasteiger partial charge in [-0.05, 0) is 39.0 Å². The van der Waals surface area contributed by atoms with Crippen LogP contribution < -0.4 is 4.74 Å². The van der Waals surface area contributed by atoms with Crippen molar-refractivity contribution >= 4 is 16.8 Å². The van der Waals surface area contributed by atoms with Crippen molar-refractivity contribution in [3.8, 4) is 5.75 Å². The fourth-order valence-electron chi connectivity index (χ4n) is 1.89. The summed E-state index contributed by atoms with van der Waals surface area (Å²) in [5, 5.41) is 0.830. The first kappa shape index (κ1) is 10.7. The first-order chi connectivity index (χ1) is 7.63. The smallest absolute Gasteiger partial charge is 0.163 e. The topological polar surface area (TPSA) is 39.4 Å². The van der Waals surface area contributed by atoms with Crippen LogP contribution in [0.25, 0.3) is 11.0 Å². The molecule has 0 aliphatic rings. The number of ketones is 1. The van der Waals surface area contributed by atoms with Crippen molar-refractivity contribution in [2.75, 3.05) is 6.61 Å². The number of ether oxygens (including phenoxy) is 1. The van der Waals surface area contributed by atoms with E-state index in [1.807, 2.05) is 25.1 Å². The highest BCUT2D eigenvalue weighted by Gasteiger charge is 2.15. The SMILES string of the molecule is CCOc1ccc2oc(C)c(C(C)=O)c2c1. The number of rotatable bonds is 3. The second kappa shape index (κ2) is 4.00. The Morgan fingerprint density at radius 1 is 1.44 bits per heavy atom. The van der Waals surface area contributed by atoms with Crippen molar-refractivity contribution in [1.82, 2.24) is 0 Å². The molecular weight excluding hydrogens is 204 g/mol. The van der Waals surface area contributed by atoms with Crippen molar-refractivity contribution in [3.63, 3.8) is 0 Å². The fourth-order valence-corrected chi connectivity index (χ4v) is 1.89. The van der Waals surface area contributed by atoms with Crippen LogP contribution in [-0.2, 0) is 0 Å². The molecule has 0 saturated heterocycles. The van der Waals surface area contributed by atoms with E-state index in [0.717, 1.165) is 16.7 Å². The monoisotopic (exact) mass is 218 g/mol. The molecule has 0 aliphatic heterocycles. The van der Waals surface area contributed by atoms with Gasteiger partial charge < -0.3 is 9.15 Å². The standard InChI is InChI=1S/C13H14O3/c1-4-15-10-5-6-12-11(7-10)13(8(2)14)9(3)16-12/h5-7H,4H2,1-3H3. The van der Waals surface area contributed by atoms with Crippen LogP contribution >= 0.6 is 0 Å². The summed E-state index contributed by atoms with van der Waals surface area (Å²) in [7, 11) is 0. The molecule has 0 fully saturated rings. The van der Waals surface area contributed by atoms with Crippen LogP contribution in [0.5, 0.6) is 5.75 Å². The zero-order valence-electron chi connectivity index (χ0n) is 9.66. The van der Waals surface area contributed by atoms with E-state index in [1.54, 1.807) is 13.8 Å². The molecule has 3 heteroatoms. The fraction of sp³-hybridized carbons (Fsp3) is 0.308. The zero-order valence-corrected chi connectivity index (χ0v) is 9.66. The maximum atomic E-state index is 11.5. The molecule has 0 N–H and O–H groups in total. The lowest BCUT2D eigenvalue weighted by Gasteiger charge is -2.02. The van der Waals surface area contributed by atoms with Crippen LogP contribution in [0.2, 0.25) is 0 Å². The zero-order chi connectivity index (χ0) is 11.7. The van der Waals surface area contributed by atoms with Gasteiger partial charge in [0.05, 0.1) is 12.2 Å². The molecule has 1 aromatic heterocycles. The number of hydrogen-bond donors (Lipinski definition) is 0. The van der Waals surface area contributed by atoms with Crippen molar-refractivity contribution < 1.29 is 13.9 Å². The number of carbonyl (C=O) groups is 1. The van der Waals surface area contributed by atoms with E-state index in [2.05, 4.69) is 0 Å². The number of benzene rings is 1. The maximum absolute atomic E-state index is 11.5. The Hall–Kier alpha value is -1.77. The lowest BCUT2D eigenvalue weighted by atomic mass is 10.1. The number of fused-ring (bicyclic) bond motifs is 1. The van der Waals surface area contributed by atoms with Crippen LogP contribution in [0, 0.1) is 6.92 Å². The summed E-state index contributed by atoms with van der Waals surface area (Å²) in [5.41, 5.74) is 1.38. The minimum atomic E-state index is 0.0184. The molecule has 0 atom stereocenters. The van der Waals surface area contributed by atoms with Gasteiger partial charge in [-0.2, -0.15) is 0 Å². The summed E-state index contributed by atoms with van der Waals surface area (Å²) in [6.07, 6.45) is 0. The maximum Gasteiger partial charge on any atom is 0.163 e. The second-order valence-corrected chi connectivity index (χ2v) is 3.68. The Labute approximate surface area is 94.0 Å². The van der Waals surface area contributed by atoms with Crippen LogP contribution in [0.3, 0.4) is 0 Å². The van der Waals surface area contributed by atoms with E-state index in [9.17, 15) is 4.79 Å². The molecule has 3 nitrogen and oxygen atoms in total. The third-order valence-electron chi connectivity index (χ3n) is 2.50. The number of carbonyl (C=O) groups excluding carboxylic acids is 1. The molecule has 0 spiro atoms. The molecule has 1 aromatic carbocycles. The minimum Gasteiger partial charge on any atom is -0.494 e. The number of aryl methyl sites for hydroxylation is 1. The third-order valence-corrected chi connectivity index (χ3v) is 2.50. The van der Waals surface area contributed by atoms with Gasteiger partial charge >= 0.3 is 0 Å². The summed E-state index contributed by atoms with van der Waals surface area (Å²) in [5.74, 6) is 1.44. The minimum absolute atomic E-state index is 0.0184. The largest absolute Gasteiger partial charge is 0.494 e. The highest BCUT2D eigenvalue weighted by Crippen LogP contribution is 2.29. The van der Waals surface area contributed by atoms with E-state index < -0.39 is 0 Å². The molecule has 0 amide bonds. The van der Waals surface area contributed by atoms with Crippen molar-refractivity contribution in [1.29, 1.82) is 0 Å². The van der Waals surface area contributed by atoms with Gasteiger partial charge in [-0.1, -0.05) is 0 Å². The molecule has 1 heterocycles. The van der Waals surface area contributed by atoms with E-state index in [4.69, 9.17) is 9.15 Å². The summed E-state index contributed by atoms with van der Waals surface area (Å²) in [4.78, 5) is 11.5. The molecule has 0 radical (unpaired) electrons. The molecule has 0 aliphatic carbocycles. The normalized spacial score (nSPS) is 10.7. The molecule has 16 heavy (non-hydrogen) atoms. The van der Waals surface area contributed by atoms with Gasteiger partial charge in [-0.25, -0.2) is 0 Å². The molecule has 2 rings (SSSR count). The van der Waals surface area contributed by atoms with Crippen LogP contribution in [0.1, 0.15) is 30.0 Å². The molecule has 0 unspecified atom stereocenters. The molecular formula is C13H14O3. The first-order valence-electron chi connectivity index (χ1n) is 5.30. The average molecular weight is 218 g/mol. The first-order valence-corrected chi connectivity index (χ1v) is 5.30. The second-order valence-electron chi connectivity index (χ2n) is 3.68. The van der Waals surface area contributed by atoms with E-state index in [-0.39, 0.29) is 5.78 Å². The van der Waals surface area contributed by atoms with Gasteiger partial charge in [0, 0.05) is 5.39 Å². The van der Waals surface area contributed by atoms with Crippen molar-refractivity contribution in [3.05, 3.63) is 29.5 Å².